The Hall–Kier alpha value is -2.37. The summed E-state index contributed by atoms with van der Waals surface area (Å²) in [7, 11) is 1.60. The van der Waals surface area contributed by atoms with E-state index in [9.17, 15) is 9.59 Å². The molecule has 7 nitrogen and oxygen atoms in total. The number of carbonyl (C=O) groups is 2. The summed E-state index contributed by atoms with van der Waals surface area (Å²) in [4.78, 5) is 32.0. The van der Waals surface area contributed by atoms with Gasteiger partial charge in [-0.05, 0) is 83.1 Å². The molecule has 0 spiro atoms. The van der Waals surface area contributed by atoms with Crippen LogP contribution in [0.2, 0.25) is 10.0 Å². The van der Waals surface area contributed by atoms with Gasteiger partial charge in [-0.3, -0.25) is 9.59 Å². The van der Waals surface area contributed by atoms with Crippen LogP contribution >= 0.6 is 45.8 Å². The fraction of sp³-hybridized carbons (Fsp3) is 0.286. The van der Waals surface area contributed by atoms with Crippen LogP contribution in [0.25, 0.3) is 0 Å². The Labute approximate surface area is 245 Å². The number of benzene rings is 3. The number of ether oxygens (including phenoxy) is 2. The van der Waals surface area contributed by atoms with Gasteiger partial charge in [-0.1, -0.05) is 41.4 Å². The predicted molar refractivity (Wildman–Crippen MR) is 159 cm³/mol. The quantitative estimate of drug-likeness (QED) is 0.169. The van der Waals surface area contributed by atoms with E-state index < -0.39 is 12.1 Å². The molecule has 38 heavy (non-hydrogen) atoms. The van der Waals surface area contributed by atoms with Gasteiger partial charge < -0.3 is 25.0 Å². The van der Waals surface area contributed by atoms with E-state index in [4.69, 9.17) is 38.4 Å². The Morgan fingerprint density at radius 2 is 1.68 bits per heavy atom. The number of fused-ring (bicyclic) bond motifs is 1. The van der Waals surface area contributed by atoms with Crippen molar-refractivity contribution < 1.29 is 19.1 Å². The fourth-order valence-corrected chi connectivity index (χ4v) is 5.41. The van der Waals surface area contributed by atoms with Gasteiger partial charge in [0, 0.05) is 33.0 Å². The van der Waals surface area contributed by atoms with Crippen molar-refractivity contribution in [3.8, 4) is 0 Å². The minimum absolute atomic E-state index is 0.254. The molecule has 200 valence electrons. The highest BCUT2D eigenvalue weighted by atomic mass is 127. The van der Waals surface area contributed by atoms with Crippen LogP contribution in [0.5, 0.6) is 0 Å². The third kappa shape index (κ3) is 6.10. The number of nitrogens with zero attached hydrogens (tertiary/aromatic N) is 2. The first-order valence-electron chi connectivity index (χ1n) is 12.0. The number of nitrogens with two attached hydrogens (primary N) is 1. The molecule has 1 heterocycles. The first kappa shape index (κ1) is 28.6. The van der Waals surface area contributed by atoms with Crippen molar-refractivity contribution in [2.75, 3.05) is 44.1 Å². The van der Waals surface area contributed by atoms with Crippen molar-refractivity contribution in [3.05, 3.63) is 91.0 Å². The molecule has 0 saturated heterocycles. The van der Waals surface area contributed by atoms with Gasteiger partial charge in [0.15, 0.2) is 0 Å². The molecule has 0 aliphatic carbocycles. The van der Waals surface area contributed by atoms with E-state index in [0.717, 1.165) is 3.57 Å². The molecule has 3 aromatic rings. The number of halogens is 3. The number of rotatable bonds is 9. The molecule has 2 unspecified atom stereocenters. The molecule has 0 bridgehead atoms. The third-order valence-electron chi connectivity index (χ3n) is 6.49. The van der Waals surface area contributed by atoms with Gasteiger partial charge in [-0.2, -0.15) is 0 Å². The highest BCUT2D eigenvalue weighted by Gasteiger charge is 2.43. The van der Waals surface area contributed by atoms with Crippen LogP contribution in [-0.4, -0.2) is 50.2 Å². The number of hydrogen-bond acceptors (Lipinski definition) is 5. The highest BCUT2D eigenvalue weighted by molar-refractivity contribution is 14.1. The topological polar surface area (TPSA) is 85.1 Å². The summed E-state index contributed by atoms with van der Waals surface area (Å²) >= 11 is 14.5. The lowest BCUT2D eigenvalue weighted by atomic mass is 9.97. The van der Waals surface area contributed by atoms with Gasteiger partial charge in [0.25, 0.3) is 11.8 Å². The molecule has 0 fully saturated rings. The Morgan fingerprint density at radius 3 is 2.37 bits per heavy atom. The maximum atomic E-state index is 14.4. The Bertz CT molecular complexity index is 1320. The maximum absolute atomic E-state index is 14.4. The molecule has 2 amide bonds. The first-order chi connectivity index (χ1) is 18.2. The number of anilines is 2. The SMILES string of the molecule is COCCOCCN1C(=O)C(c2ccc(Cl)cc2)N(C(C)c2ccc(Cl)cc2N)C(=O)c2cc(I)ccc21. The predicted octanol–water partition coefficient (Wildman–Crippen LogP) is 6.13. The lowest BCUT2D eigenvalue weighted by molar-refractivity contribution is -0.124. The van der Waals surface area contributed by atoms with Gasteiger partial charge in [0.05, 0.1) is 37.1 Å². The third-order valence-corrected chi connectivity index (χ3v) is 7.64. The molecular weight excluding hydrogens is 640 g/mol. The van der Waals surface area contributed by atoms with Gasteiger partial charge in [-0.25, -0.2) is 0 Å². The van der Waals surface area contributed by atoms with E-state index in [1.165, 1.54) is 0 Å². The summed E-state index contributed by atoms with van der Waals surface area (Å²) in [6.45, 7) is 3.25. The monoisotopic (exact) mass is 667 g/mol. The summed E-state index contributed by atoms with van der Waals surface area (Å²) in [6, 6.07) is 16.2. The van der Waals surface area contributed by atoms with Crippen molar-refractivity contribution >= 4 is 69.0 Å². The Balaban J connectivity index is 1.86. The van der Waals surface area contributed by atoms with Crippen LogP contribution in [0, 0.1) is 3.57 Å². The van der Waals surface area contributed by atoms with Gasteiger partial charge in [-0.15, -0.1) is 0 Å². The largest absolute Gasteiger partial charge is 0.398 e. The lowest BCUT2D eigenvalue weighted by Crippen LogP contribution is -2.44. The zero-order valence-corrected chi connectivity index (χ0v) is 24.7. The summed E-state index contributed by atoms with van der Waals surface area (Å²) in [6.07, 6.45) is 0. The van der Waals surface area contributed by atoms with E-state index >= 15 is 0 Å². The van der Waals surface area contributed by atoms with Crippen molar-refractivity contribution in [3.63, 3.8) is 0 Å². The van der Waals surface area contributed by atoms with Crippen LogP contribution in [0.3, 0.4) is 0 Å². The van der Waals surface area contributed by atoms with E-state index in [-0.39, 0.29) is 25.0 Å². The summed E-state index contributed by atoms with van der Waals surface area (Å²) in [5, 5.41) is 1.02. The van der Waals surface area contributed by atoms with Crippen LogP contribution in [0.15, 0.2) is 60.7 Å². The summed E-state index contributed by atoms with van der Waals surface area (Å²) in [5.74, 6) is -0.535. The van der Waals surface area contributed by atoms with Crippen molar-refractivity contribution in [1.82, 2.24) is 4.90 Å². The minimum atomic E-state index is -0.936. The maximum Gasteiger partial charge on any atom is 0.257 e. The number of amides is 2. The van der Waals surface area contributed by atoms with Crippen molar-refractivity contribution in [2.24, 2.45) is 0 Å². The molecule has 10 heteroatoms. The average molecular weight is 668 g/mol. The second-order valence-electron chi connectivity index (χ2n) is 8.87. The Morgan fingerprint density at radius 1 is 0.974 bits per heavy atom. The second kappa shape index (κ2) is 12.7. The average Bonchev–Trinajstić information content (AvgIpc) is 2.97. The highest BCUT2D eigenvalue weighted by Crippen LogP contribution is 2.41. The molecule has 0 aromatic heterocycles. The van der Waals surface area contributed by atoms with Gasteiger partial charge >= 0.3 is 0 Å². The molecule has 1 aliphatic heterocycles. The van der Waals surface area contributed by atoms with Gasteiger partial charge in [0.2, 0.25) is 0 Å². The minimum Gasteiger partial charge on any atom is -0.398 e. The van der Waals surface area contributed by atoms with Crippen LogP contribution < -0.4 is 10.6 Å². The number of hydrogen-bond donors (Lipinski definition) is 1. The molecule has 2 atom stereocenters. The number of methoxy groups -OCH3 is 1. The number of carbonyl (C=O) groups excluding carboxylic acids is 2. The molecule has 1 aliphatic rings. The molecule has 3 aromatic carbocycles. The van der Waals surface area contributed by atoms with E-state index in [1.807, 2.05) is 19.1 Å². The zero-order chi connectivity index (χ0) is 27.4. The smallest absolute Gasteiger partial charge is 0.257 e. The second-order valence-corrected chi connectivity index (χ2v) is 11.0. The van der Waals surface area contributed by atoms with Crippen molar-refractivity contribution in [1.29, 1.82) is 0 Å². The molecule has 0 radical (unpaired) electrons. The molecule has 0 saturated carbocycles. The first-order valence-corrected chi connectivity index (χ1v) is 13.9. The van der Waals surface area contributed by atoms with E-state index in [2.05, 4.69) is 22.6 Å². The van der Waals surface area contributed by atoms with Gasteiger partial charge in [0.1, 0.15) is 6.04 Å². The summed E-state index contributed by atoms with van der Waals surface area (Å²) < 4.78 is 11.6. The zero-order valence-electron chi connectivity index (χ0n) is 21.0. The Kier molecular flexibility index (Phi) is 9.54. The van der Waals surface area contributed by atoms with Crippen LogP contribution in [0.1, 0.15) is 40.5 Å². The van der Waals surface area contributed by atoms with Crippen LogP contribution in [0.4, 0.5) is 11.4 Å². The lowest BCUT2D eigenvalue weighted by Gasteiger charge is -2.36. The molecule has 2 N–H and O–H groups in total. The van der Waals surface area contributed by atoms with E-state index in [0.29, 0.717) is 51.3 Å². The molecular formula is C28H28Cl2IN3O4. The molecule has 4 rings (SSSR count). The standard InChI is InChI=1S/C28H28Cl2IN3O4/c1-17(22-9-7-20(30)15-24(22)32)34-26(18-3-5-19(29)6-4-18)28(36)33(11-12-38-14-13-37-2)25-10-8-21(31)16-23(25)27(34)35/h3-10,15-17,26H,11-14,32H2,1-2H3. The van der Waals surface area contributed by atoms with Crippen molar-refractivity contribution in [2.45, 2.75) is 19.0 Å². The van der Waals surface area contributed by atoms with E-state index in [1.54, 1.807) is 65.4 Å². The number of nitrogen functional groups attached to an aromatic ring is 1. The summed E-state index contributed by atoms with van der Waals surface area (Å²) in [5.41, 5.74) is 9.08. The van der Waals surface area contributed by atoms with Crippen LogP contribution in [-0.2, 0) is 14.3 Å². The normalized spacial score (nSPS) is 16.4. The fourth-order valence-electron chi connectivity index (χ4n) is 4.61.